The van der Waals surface area contributed by atoms with Gasteiger partial charge in [0.1, 0.15) is 0 Å². The average molecular weight is 288 g/mol. The number of ether oxygens (including phenoxy) is 1. The van der Waals surface area contributed by atoms with Crippen LogP contribution in [0.1, 0.15) is 47.5 Å². The summed E-state index contributed by atoms with van der Waals surface area (Å²) < 4.78 is 12.8. The van der Waals surface area contributed by atoms with E-state index in [1.54, 1.807) is 0 Å². The third kappa shape index (κ3) is 3.41. The maximum Gasteiger partial charge on any atom is 0.192 e. The van der Waals surface area contributed by atoms with Gasteiger partial charge in [-0.3, -0.25) is 0 Å². The number of nitrogens with one attached hydrogen (secondary N) is 1. The largest absolute Gasteiger partial charge is 0.409 e. The first-order valence-corrected chi connectivity index (χ1v) is 10.4. The molecule has 1 rings (SSSR count). The van der Waals surface area contributed by atoms with Crippen LogP contribution in [-0.2, 0) is 9.16 Å². The van der Waals surface area contributed by atoms with Gasteiger partial charge in [-0.05, 0) is 57.9 Å². The van der Waals surface area contributed by atoms with Crippen LogP contribution in [0, 0.1) is 0 Å². The Balaban J connectivity index is 2.93. The van der Waals surface area contributed by atoms with Crippen LogP contribution in [-0.4, -0.2) is 39.7 Å². The standard InChI is InChI=1S/C15H33NO2Si/c1-7-19(8-2,9-3)18-14(4,5)15(17-6)10-12-16-13-11-15/h16H,7-13H2,1-6H3. The zero-order valence-corrected chi connectivity index (χ0v) is 14.8. The molecule has 0 unspecified atom stereocenters. The molecule has 0 aliphatic carbocycles. The Labute approximate surface area is 120 Å². The first-order chi connectivity index (χ1) is 8.91. The minimum absolute atomic E-state index is 0.129. The number of hydrogen-bond donors (Lipinski definition) is 1. The molecule has 114 valence electrons. The lowest BCUT2D eigenvalue weighted by molar-refractivity contribution is -0.157. The Hall–Kier alpha value is 0.0969. The monoisotopic (exact) mass is 287 g/mol. The summed E-state index contributed by atoms with van der Waals surface area (Å²) in [5.74, 6) is 0. The van der Waals surface area contributed by atoms with Gasteiger partial charge in [-0.2, -0.15) is 0 Å². The fourth-order valence-electron chi connectivity index (χ4n) is 3.48. The summed E-state index contributed by atoms with van der Waals surface area (Å²) in [5, 5.41) is 3.43. The van der Waals surface area contributed by atoms with Crippen molar-refractivity contribution in [3.8, 4) is 0 Å². The van der Waals surface area contributed by atoms with E-state index in [1.807, 2.05) is 7.11 Å². The Morgan fingerprint density at radius 1 is 1.05 bits per heavy atom. The second-order valence-corrected chi connectivity index (χ2v) is 11.0. The summed E-state index contributed by atoms with van der Waals surface area (Å²) in [4.78, 5) is 0. The van der Waals surface area contributed by atoms with E-state index in [2.05, 4.69) is 39.9 Å². The van der Waals surface area contributed by atoms with Crippen molar-refractivity contribution in [2.75, 3.05) is 20.2 Å². The van der Waals surface area contributed by atoms with Crippen molar-refractivity contribution in [1.29, 1.82) is 0 Å². The van der Waals surface area contributed by atoms with Crippen LogP contribution in [0.2, 0.25) is 18.1 Å². The summed E-state index contributed by atoms with van der Waals surface area (Å²) in [5.41, 5.74) is -0.325. The van der Waals surface area contributed by atoms with E-state index in [0.29, 0.717) is 0 Å². The zero-order chi connectivity index (χ0) is 14.6. The van der Waals surface area contributed by atoms with Gasteiger partial charge in [0.25, 0.3) is 0 Å². The molecule has 0 aromatic rings. The summed E-state index contributed by atoms with van der Waals surface area (Å²) in [6.45, 7) is 13.4. The summed E-state index contributed by atoms with van der Waals surface area (Å²) in [6, 6.07) is 3.59. The van der Waals surface area contributed by atoms with Crippen molar-refractivity contribution in [3.05, 3.63) is 0 Å². The summed E-state index contributed by atoms with van der Waals surface area (Å²) >= 11 is 0. The first-order valence-electron chi connectivity index (χ1n) is 7.87. The first kappa shape index (κ1) is 17.1. The van der Waals surface area contributed by atoms with Crippen molar-refractivity contribution in [2.45, 2.75) is 76.8 Å². The quantitative estimate of drug-likeness (QED) is 0.726. The molecule has 0 aromatic carbocycles. The smallest absolute Gasteiger partial charge is 0.192 e. The molecular formula is C15H33NO2Si. The molecule has 1 aliphatic rings. The van der Waals surface area contributed by atoms with E-state index in [9.17, 15) is 0 Å². The minimum atomic E-state index is -1.60. The maximum absolute atomic E-state index is 6.79. The van der Waals surface area contributed by atoms with Gasteiger partial charge in [0.2, 0.25) is 0 Å². The van der Waals surface area contributed by atoms with Crippen LogP contribution in [0.4, 0.5) is 0 Å². The molecule has 0 saturated carbocycles. The molecule has 1 aliphatic heterocycles. The molecule has 1 N–H and O–H groups in total. The van der Waals surface area contributed by atoms with Gasteiger partial charge in [-0.15, -0.1) is 0 Å². The number of rotatable bonds is 7. The molecule has 0 radical (unpaired) electrons. The second-order valence-electron chi connectivity index (χ2n) is 6.30. The second kappa shape index (κ2) is 6.70. The van der Waals surface area contributed by atoms with Crippen molar-refractivity contribution < 1.29 is 9.16 Å². The van der Waals surface area contributed by atoms with Crippen molar-refractivity contribution >= 4 is 8.32 Å². The highest BCUT2D eigenvalue weighted by Crippen LogP contribution is 2.40. The Morgan fingerprint density at radius 3 is 1.89 bits per heavy atom. The van der Waals surface area contributed by atoms with Crippen molar-refractivity contribution in [3.63, 3.8) is 0 Å². The molecule has 0 bridgehead atoms. The third-order valence-electron chi connectivity index (χ3n) is 5.30. The molecule has 19 heavy (non-hydrogen) atoms. The molecular weight excluding hydrogens is 254 g/mol. The van der Waals surface area contributed by atoms with Gasteiger partial charge >= 0.3 is 0 Å². The Morgan fingerprint density at radius 2 is 1.53 bits per heavy atom. The van der Waals surface area contributed by atoms with Gasteiger partial charge in [-0.1, -0.05) is 20.8 Å². The van der Waals surface area contributed by atoms with Crippen LogP contribution in [0.25, 0.3) is 0 Å². The molecule has 4 heteroatoms. The van der Waals surface area contributed by atoms with Crippen LogP contribution < -0.4 is 5.32 Å². The van der Waals surface area contributed by atoms with E-state index < -0.39 is 8.32 Å². The van der Waals surface area contributed by atoms with E-state index in [1.165, 1.54) is 18.1 Å². The molecule has 0 atom stereocenters. The average Bonchev–Trinajstić information content (AvgIpc) is 2.45. The number of methoxy groups -OCH3 is 1. The topological polar surface area (TPSA) is 30.5 Å². The Kier molecular flexibility index (Phi) is 6.05. The number of hydrogen-bond acceptors (Lipinski definition) is 3. The highest BCUT2D eigenvalue weighted by atomic mass is 28.4. The zero-order valence-electron chi connectivity index (χ0n) is 13.8. The SMILES string of the molecule is CC[Si](CC)(CC)OC(C)(C)C1(OC)CCNCC1. The van der Waals surface area contributed by atoms with E-state index in [0.717, 1.165) is 25.9 Å². The van der Waals surface area contributed by atoms with Gasteiger partial charge in [0.05, 0.1) is 11.2 Å². The predicted molar refractivity (Wildman–Crippen MR) is 84.2 cm³/mol. The fourth-order valence-corrected chi connectivity index (χ4v) is 6.68. The minimum Gasteiger partial charge on any atom is -0.409 e. The normalized spacial score (nSPS) is 20.5. The van der Waals surface area contributed by atoms with Crippen LogP contribution >= 0.6 is 0 Å². The molecule has 3 nitrogen and oxygen atoms in total. The summed E-state index contributed by atoms with van der Waals surface area (Å²) in [7, 11) is 0.250. The summed E-state index contributed by atoms with van der Waals surface area (Å²) in [6.07, 6.45) is 2.08. The molecule has 0 spiro atoms. The van der Waals surface area contributed by atoms with Crippen molar-refractivity contribution in [2.24, 2.45) is 0 Å². The lowest BCUT2D eigenvalue weighted by atomic mass is 9.78. The maximum atomic E-state index is 6.79. The van der Waals surface area contributed by atoms with E-state index >= 15 is 0 Å². The molecule has 0 aromatic heterocycles. The molecule has 1 fully saturated rings. The van der Waals surface area contributed by atoms with E-state index in [-0.39, 0.29) is 11.2 Å². The Bertz CT molecular complexity index is 263. The van der Waals surface area contributed by atoms with E-state index in [4.69, 9.17) is 9.16 Å². The van der Waals surface area contributed by atoms with Crippen molar-refractivity contribution in [1.82, 2.24) is 5.32 Å². The van der Waals surface area contributed by atoms with Crippen LogP contribution in [0.5, 0.6) is 0 Å². The van der Waals surface area contributed by atoms with Gasteiger partial charge in [0.15, 0.2) is 8.32 Å². The van der Waals surface area contributed by atoms with Gasteiger partial charge < -0.3 is 14.5 Å². The van der Waals surface area contributed by atoms with Crippen LogP contribution in [0.15, 0.2) is 0 Å². The molecule has 1 saturated heterocycles. The van der Waals surface area contributed by atoms with Crippen LogP contribution in [0.3, 0.4) is 0 Å². The molecule has 0 amide bonds. The third-order valence-corrected chi connectivity index (χ3v) is 10.1. The lowest BCUT2D eigenvalue weighted by Crippen LogP contribution is -2.61. The fraction of sp³-hybridized carbons (Fsp3) is 1.00. The highest BCUT2D eigenvalue weighted by molar-refractivity contribution is 6.73. The van der Waals surface area contributed by atoms with Gasteiger partial charge in [0, 0.05) is 7.11 Å². The molecule has 1 heterocycles. The predicted octanol–water partition coefficient (Wildman–Crippen LogP) is 3.56. The highest BCUT2D eigenvalue weighted by Gasteiger charge is 2.50. The van der Waals surface area contributed by atoms with Gasteiger partial charge in [-0.25, -0.2) is 0 Å². The number of piperidine rings is 1. The lowest BCUT2D eigenvalue weighted by Gasteiger charge is -2.51.